The lowest BCUT2D eigenvalue weighted by atomic mass is 10.2. The van der Waals surface area contributed by atoms with Crippen molar-refractivity contribution in [2.75, 3.05) is 18.9 Å². The predicted octanol–water partition coefficient (Wildman–Crippen LogP) is 0.484. The fourth-order valence-corrected chi connectivity index (χ4v) is 2.76. The third kappa shape index (κ3) is 3.69. The number of rotatable bonds is 5. The van der Waals surface area contributed by atoms with Gasteiger partial charge in [0.2, 0.25) is 10.0 Å². The topological polar surface area (TPSA) is 92.4 Å². The zero-order valence-electron chi connectivity index (χ0n) is 9.97. The number of sulfonamides is 1. The second-order valence-corrected chi connectivity index (χ2v) is 5.90. The molecule has 5 nitrogen and oxygen atoms in total. The standard InChI is InChI=1S/C11H18N2O3S/c1-8(7-14)6-13-17(15,16)11-4-3-10(12)5-9(11)2/h3-5,8,13-14H,6-7,12H2,1-2H3. The Hall–Kier alpha value is -1.11. The summed E-state index contributed by atoms with van der Waals surface area (Å²) in [5.41, 5.74) is 6.70. The van der Waals surface area contributed by atoms with Crippen molar-refractivity contribution in [2.45, 2.75) is 18.7 Å². The molecule has 1 unspecified atom stereocenters. The molecule has 0 saturated carbocycles. The van der Waals surface area contributed by atoms with Gasteiger partial charge in [-0.15, -0.1) is 0 Å². The number of benzene rings is 1. The van der Waals surface area contributed by atoms with E-state index in [1.165, 1.54) is 6.07 Å². The van der Waals surface area contributed by atoms with Crippen LogP contribution in [0.4, 0.5) is 5.69 Å². The van der Waals surface area contributed by atoms with Gasteiger partial charge in [0, 0.05) is 18.8 Å². The zero-order chi connectivity index (χ0) is 13.1. The normalized spacial score (nSPS) is 13.6. The molecular weight excluding hydrogens is 240 g/mol. The van der Waals surface area contributed by atoms with Crippen LogP contribution in [0.25, 0.3) is 0 Å². The average Bonchev–Trinajstić information content (AvgIpc) is 2.25. The lowest BCUT2D eigenvalue weighted by Crippen LogP contribution is -2.30. The minimum absolute atomic E-state index is 0.0523. The number of aliphatic hydroxyl groups excluding tert-OH is 1. The van der Waals surface area contributed by atoms with Crippen LogP contribution in [0.5, 0.6) is 0 Å². The molecule has 17 heavy (non-hydrogen) atoms. The van der Waals surface area contributed by atoms with Gasteiger partial charge in [-0.2, -0.15) is 0 Å². The molecular formula is C11H18N2O3S. The monoisotopic (exact) mass is 258 g/mol. The van der Waals surface area contributed by atoms with Crippen molar-refractivity contribution in [2.24, 2.45) is 5.92 Å². The summed E-state index contributed by atoms with van der Waals surface area (Å²) in [6, 6.07) is 4.65. The minimum Gasteiger partial charge on any atom is -0.399 e. The smallest absolute Gasteiger partial charge is 0.240 e. The molecule has 6 heteroatoms. The third-order valence-electron chi connectivity index (χ3n) is 2.42. The van der Waals surface area contributed by atoms with Crippen molar-refractivity contribution < 1.29 is 13.5 Å². The lowest BCUT2D eigenvalue weighted by Gasteiger charge is -2.12. The van der Waals surface area contributed by atoms with Gasteiger partial charge < -0.3 is 10.8 Å². The molecule has 0 aliphatic rings. The highest BCUT2D eigenvalue weighted by Crippen LogP contribution is 2.17. The van der Waals surface area contributed by atoms with Gasteiger partial charge in [-0.3, -0.25) is 0 Å². The Morgan fingerprint density at radius 1 is 1.47 bits per heavy atom. The molecule has 1 atom stereocenters. The molecule has 0 bridgehead atoms. The van der Waals surface area contributed by atoms with E-state index in [0.717, 1.165) is 0 Å². The Kier molecular flexibility index (Phi) is 4.50. The second kappa shape index (κ2) is 5.48. The summed E-state index contributed by atoms with van der Waals surface area (Å²) in [7, 11) is -3.53. The molecule has 0 saturated heterocycles. The minimum atomic E-state index is -3.53. The summed E-state index contributed by atoms with van der Waals surface area (Å²) >= 11 is 0. The van der Waals surface area contributed by atoms with Gasteiger partial charge >= 0.3 is 0 Å². The number of hydrogen-bond donors (Lipinski definition) is 3. The highest BCUT2D eigenvalue weighted by Gasteiger charge is 2.17. The SMILES string of the molecule is Cc1cc(N)ccc1S(=O)(=O)NCC(C)CO. The zero-order valence-corrected chi connectivity index (χ0v) is 10.8. The van der Waals surface area contributed by atoms with Gasteiger partial charge in [-0.1, -0.05) is 6.92 Å². The molecule has 0 radical (unpaired) electrons. The van der Waals surface area contributed by atoms with Crippen molar-refractivity contribution in [3.63, 3.8) is 0 Å². The van der Waals surface area contributed by atoms with E-state index in [1.807, 2.05) is 0 Å². The van der Waals surface area contributed by atoms with Crippen molar-refractivity contribution in [3.8, 4) is 0 Å². The summed E-state index contributed by atoms with van der Waals surface area (Å²) in [6.45, 7) is 3.62. The van der Waals surface area contributed by atoms with E-state index in [1.54, 1.807) is 26.0 Å². The van der Waals surface area contributed by atoms with Crippen molar-refractivity contribution in [3.05, 3.63) is 23.8 Å². The molecule has 0 amide bonds. The molecule has 0 spiro atoms. The quantitative estimate of drug-likeness (QED) is 0.670. The summed E-state index contributed by atoms with van der Waals surface area (Å²) in [5.74, 6) is -0.112. The Labute approximate surface area is 102 Å². The van der Waals surface area contributed by atoms with E-state index < -0.39 is 10.0 Å². The number of anilines is 1. The van der Waals surface area contributed by atoms with Gasteiger partial charge in [0.15, 0.2) is 0 Å². The molecule has 1 aromatic rings. The number of nitrogens with one attached hydrogen (secondary N) is 1. The van der Waals surface area contributed by atoms with Gasteiger partial charge in [-0.25, -0.2) is 13.1 Å². The van der Waals surface area contributed by atoms with Crippen LogP contribution in [0.2, 0.25) is 0 Å². The average molecular weight is 258 g/mol. The van der Waals surface area contributed by atoms with Gasteiger partial charge in [0.25, 0.3) is 0 Å². The van der Waals surface area contributed by atoms with Gasteiger partial charge in [-0.05, 0) is 36.6 Å². The fourth-order valence-electron chi connectivity index (χ4n) is 1.37. The van der Waals surface area contributed by atoms with Crippen LogP contribution < -0.4 is 10.5 Å². The van der Waals surface area contributed by atoms with E-state index in [-0.39, 0.29) is 24.0 Å². The molecule has 1 aromatic carbocycles. The third-order valence-corrected chi connectivity index (χ3v) is 4.01. The Balaban J connectivity index is 2.90. The van der Waals surface area contributed by atoms with Crippen molar-refractivity contribution in [1.29, 1.82) is 0 Å². The number of nitrogens with two attached hydrogens (primary N) is 1. The van der Waals surface area contributed by atoms with Crippen LogP contribution in [-0.2, 0) is 10.0 Å². The summed E-state index contributed by atoms with van der Waals surface area (Å²) in [5, 5.41) is 8.84. The maximum Gasteiger partial charge on any atom is 0.240 e. The second-order valence-electron chi connectivity index (χ2n) is 4.16. The van der Waals surface area contributed by atoms with Crippen LogP contribution >= 0.6 is 0 Å². The lowest BCUT2D eigenvalue weighted by molar-refractivity contribution is 0.238. The van der Waals surface area contributed by atoms with E-state index in [4.69, 9.17) is 10.8 Å². The maximum atomic E-state index is 12.0. The number of aliphatic hydroxyl groups is 1. The molecule has 1 rings (SSSR count). The molecule has 96 valence electrons. The van der Waals surface area contributed by atoms with E-state index in [9.17, 15) is 8.42 Å². The van der Waals surface area contributed by atoms with E-state index in [2.05, 4.69) is 4.72 Å². The summed E-state index contributed by atoms with van der Waals surface area (Å²) < 4.78 is 26.4. The first-order valence-corrected chi connectivity index (χ1v) is 6.82. The van der Waals surface area contributed by atoms with Crippen LogP contribution in [-0.4, -0.2) is 26.7 Å². The van der Waals surface area contributed by atoms with Crippen LogP contribution in [0.1, 0.15) is 12.5 Å². The van der Waals surface area contributed by atoms with Crippen LogP contribution in [0.3, 0.4) is 0 Å². The fraction of sp³-hybridized carbons (Fsp3) is 0.455. The van der Waals surface area contributed by atoms with Crippen LogP contribution in [0.15, 0.2) is 23.1 Å². The molecule has 4 N–H and O–H groups in total. The molecule has 0 aliphatic carbocycles. The molecule has 0 aromatic heterocycles. The van der Waals surface area contributed by atoms with Crippen LogP contribution in [0, 0.1) is 12.8 Å². The first kappa shape index (κ1) is 14.0. The number of aryl methyl sites for hydroxylation is 1. The molecule has 0 heterocycles. The highest BCUT2D eigenvalue weighted by atomic mass is 32.2. The first-order valence-electron chi connectivity index (χ1n) is 5.33. The largest absolute Gasteiger partial charge is 0.399 e. The van der Waals surface area contributed by atoms with Crippen molar-refractivity contribution >= 4 is 15.7 Å². The Bertz CT molecular complexity index is 485. The van der Waals surface area contributed by atoms with E-state index >= 15 is 0 Å². The Morgan fingerprint density at radius 3 is 2.65 bits per heavy atom. The molecule has 0 aliphatic heterocycles. The summed E-state index contributed by atoms with van der Waals surface area (Å²) in [4.78, 5) is 0.219. The number of nitrogen functional groups attached to an aromatic ring is 1. The van der Waals surface area contributed by atoms with Gasteiger partial charge in [0.1, 0.15) is 0 Å². The Morgan fingerprint density at radius 2 is 2.12 bits per heavy atom. The predicted molar refractivity (Wildman–Crippen MR) is 67.0 cm³/mol. The van der Waals surface area contributed by atoms with Crippen molar-refractivity contribution in [1.82, 2.24) is 4.72 Å². The maximum absolute atomic E-state index is 12.0. The number of hydrogen-bond acceptors (Lipinski definition) is 4. The van der Waals surface area contributed by atoms with E-state index in [0.29, 0.717) is 11.3 Å². The summed E-state index contributed by atoms with van der Waals surface area (Å²) in [6.07, 6.45) is 0. The highest BCUT2D eigenvalue weighted by molar-refractivity contribution is 7.89. The molecule has 0 fully saturated rings. The first-order chi connectivity index (χ1) is 7.86. The van der Waals surface area contributed by atoms with Gasteiger partial charge in [0.05, 0.1) is 4.90 Å².